The largest absolute Gasteiger partial charge is 0.491 e. The monoisotopic (exact) mass is 457 g/mol. The Balaban J connectivity index is 1.84. The lowest BCUT2D eigenvalue weighted by molar-refractivity contribution is 0.302. The second-order valence-corrected chi connectivity index (χ2v) is 9.49. The fraction of sp³-hybridized carbons (Fsp3) is 0.407. The van der Waals surface area contributed by atoms with Crippen molar-refractivity contribution in [3.05, 3.63) is 46.1 Å². The minimum absolute atomic E-state index is 0.0101. The van der Waals surface area contributed by atoms with Crippen LogP contribution in [0.25, 0.3) is 32.8 Å². The number of piperazine rings is 1. The van der Waals surface area contributed by atoms with Gasteiger partial charge in [0.25, 0.3) is 0 Å². The van der Waals surface area contributed by atoms with Crippen molar-refractivity contribution in [2.24, 2.45) is 0 Å². The van der Waals surface area contributed by atoms with Gasteiger partial charge in [-0.3, -0.25) is 4.79 Å². The Kier molecular flexibility index (Phi) is 5.70. The van der Waals surface area contributed by atoms with Crippen molar-refractivity contribution in [1.82, 2.24) is 14.5 Å². The van der Waals surface area contributed by atoms with Crippen LogP contribution in [0.15, 0.2) is 35.1 Å². The van der Waals surface area contributed by atoms with E-state index >= 15 is 0 Å². The maximum Gasteiger partial charge on any atom is 0.199 e. The number of nitriles is 1. The second kappa shape index (κ2) is 8.69. The number of fused-ring (bicyclic) bond motifs is 4. The molecule has 4 aromatic rings. The molecule has 0 spiro atoms. The molecule has 3 heterocycles. The van der Waals surface area contributed by atoms with Crippen molar-refractivity contribution in [3.63, 3.8) is 0 Å². The molecule has 1 aliphatic rings. The number of rotatable bonds is 5. The highest BCUT2D eigenvalue weighted by atomic mass is 16.5. The first kappa shape index (κ1) is 22.3. The van der Waals surface area contributed by atoms with Crippen LogP contribution in [-0.2, 0) is 0 Å². The minimum atomic E-state index is -0.0101. The van der Waals surface area contributed by atoms with Crippen LogP contribution in [0.3, 0.4) is 0 Å². The van der Waals surface area contributed by atoms with Crippen molar-refractivity contribution in [1.29, 1.82) is 5.26 Å². The normalized spacial score (nSPS) is 15.0. The Labute approximate surface area is 199 Å². The van der Waals surface area contributed by atoms with Crippen LogP contribution in [0.4, 0.5) is 5.69 Å². The van der Waals surface area contributed by atoms with Gasteiger partial charge in [-0.1, -0.05) is 13.0 Å². The van der Waals surface area contributed by atoms with Crippen molar-refractivity contribution < 1.29 is 4.74 Å². The van der Waals surface area contributed by atoms with Crippen LogP contribution < -0.4 is 15.1 Å². The smallest absolute Gasteiger partial charge is 0.199 e. The molecule has 0 atom stereocenters. The summed E-state index contributed by atoms with van der Waals surface area (Å²) in [5.74, 6) is 0.775. The number of pyridine rings is 1. The highest BCUT2D eigenvalue weighted by molar-refractivity contribution is 6.10. The lowest BCUT2D eigenvalue weighted by atomic mass is 10.1. The molecule has 0 radical (unpaired) electrons. The van der Waals surface area contributed by atoms with Gasteiger partial charge in [-0.2, -0.15) is 5.26 Å². The zero-order chi connectivity index (χ0) is 24.0. The zero-order valence-corrected chi connectivity index (χ0v) is 20.3. The summed E-state index contributed by atoms with van der Waals surface area (Å²) in [7, 11) is 2.15. The molecule has 0 aliphatic carbocycles. The number of nitrogens with zero attached hydrogens (tertiary/aromatic N) is 4. The SMILES string of the molecule is CCCOc1cc2c(=O)c3c4ccc(C#N)cc4[nH]c3n(C(C)C)c2cc1N1CCN(C)CC1. The van der Waals surface area contributed by atoms with Gasteiger partial charge in [-0.15, -0.1) is 0 Å². The molecule has 7 heteroatoms. The molecule has 2 aromatic carbocycles. The third kappa shape index (κ3) is 3.59. The van der Waals surface area contributed by atoms with E-state index in [9.17, 15) is 10.1 Å². The highest BCUT2D eigenvalue weighted by Gasteiger charge is 2.23. The van der Waals surface area contributed by atoms with E-state index in [0.717, 1.165) is 66.1 Å². The summed E-state index contributed by atoms with van der Waals surface area (Å²) in [4.78, 5) is 22.0. The first-order chi connectivity index (χ1) is 16.4. The van der Waals surface area contributed by atoms with Crippen LogP contribution in [0.5, 0.6) is 5.75 Å². The lowest BCUT2D eigenvalue weighted by Gasteiger charge is -2.35. The Morgan fingerprint density at radius 3 is 2.56 bits per heavy atom. The molecule has 1 saturated heterocycles. The summed E-state index contributed by atoms with van der Waals surface area (Å²) >= 11 is 0. The van der Waals surface area contributed by atoms with Gasteiger partial charge < -0.3 is 24.1 Å². The summed E-state index contributed by atoms with van der Waals surface area (Å²) in [5.41, 5.74) is 4.10. The van der Waals surface area contributed by atoms with Crippen LogP contribution >= 0.6 is 0 Å². The van der Waals surface area contributed by atoms with Gasteiger partial charge in [0, 0.05) is 43.1 Å². The molecule has 176 valence electrons. The van der Waals surface area contributed by atoms with Crippen molar-refractivity contribution in [3.8, 4) is 11.8 Å². The molecule has 1 fully saturated rings. The predicted octanol–water partition coefficient (Wildman–Crippen LogP) is 4.63. The standard InChI is InChI=1S/C27H31N5O2/c1-5-12-34-24-14-20-22(15-23(24)31-10-8-30(4)9-11-31)32(17(2)3)27-25(26(20)33)19-7-6-18(16-28)13-21(19)29-27/h6-7,13-15,17,29H,5,8-12H2,1-4H3. The quantitative estimate of drug-likeness (QED) is 0.473. The molecule has 0 saturated carbocycles. The van der Waals surface area contributed by atoms with E-state index in [1.807, 2.05) is 18.2 Å². The second-order valence-electron chi connectivity index (χ2n) is 9.49. The van der Waals surface area contributed by atoms with Crippen LogP contribution in [0.1, 0.15) is 38.8 Å². The number of aromatic nitrogens is 2. The Morgan fingerprint density at radius 1 is 1.12 bits per heavy atom. The van der Waals surface area contributed by atoms with Gasteiger partial charge in [0.1, 0.15) is 11.4 Å². The van der Waals surface area contributed by atoms with E-state index in [-0.39, 0.29) is 11.5 Å². The first-order valence-corrected chi connectivity index (χ1v) is 12.1. The maximum absolute atomic E-state index is 13.9. The fourth-order valence-electron chi connectivity index (χ4n) is 5.02. The third-order valence-electron chi connectivity index (χ3n) is 6.78. The molecule has 0 amide bonds. The van der Waals surface area contributed by atoms with E-state index in [2.05, 4.69) is 59.3 Å². The molecule has 34 heavy (non-hydrogen) atoms. The van der Waals surface area contributed by atoms with Crippen molar-refractivity contribution >= 4 is 38.5 Å². The summed E-state index contributed by atoms with van der Waals surface area (Å²) in [6.07, 6.45) is 0.902. The van der Waals surface area contributed by atoms with E-state index in [1.165, 1.54) is 0 Å². The number of nitrogens with one attached hydrogen (secondary N) is 1. The van der Waals surface area contributed by atoms with Gasteiger partial charge in [-0.25, -0.2) is 0 Å². The van der Waals surface area contributed by atoms with E-state index in [0.29, 0.717) is 22.9 Å². The topological polar surface area (TPSA) is 77.3 Å². The van der Waals surface area contributed by atoms with Crippen LogP contribution in [0, 0.1) is 11.3 Å². The molecule has 1 N–H and O–H groups in total. The summed E-state index contributed by atoms with van der Waals surface area (Å²) < 4.78 is 8.40. The number of hydrogen-bond acceptors (Lipinski definition) is 5. The zero-order valence-electron chi connectivity index (χ0n) is 20.3. The average Bonchev–Trinajstić information content (AvgIpc) is 3.21. The molecule has 0 bridgehead atoms. The summed E-state index contributed by atoms with van der Waals surface area (Å²) in [5, 5.41) is 11.5. The number of H-pyrrole nitrogens is 1. The lowest BCUT2D eigenvalue weighted by Crippen LogP contribution is -2.44. The number of anilines is 1. The Hall–Kier alpha value is -3.50. The van der Waals surface area contributed by atoms with Crippen LogP contribution in [0.2, 0.25) is 0 Å². The number of aromatic amines is 1. The first-order valence-electron chi connectivity index (χ1n) is 12.1. The number of likely N-dealkylation sites (N-methyl/N-ethyl adjacent to an activating group) is 1. The van der Waals surface area contributed by atoms with Gasteiger partial charge in [0.05, 0.1) is 40.2 Å². The number of benzene rings is 2. The molecule has 5 rings (SSSR count). The summed E-state index contributed by atoms with van der Waals surface area (Å²) in [6, 6.07) is 11.9. The van der Waals surface area contributed by atoms with Gasteiger partial charge in [-0.05, 0) is 51.6 Å². The molecular weight excluding hydrogens is 426 g/mol. The average molecular weight is 458 g/mol. The highest BCUT2D eigenvalue weighted by Crippen LogP contribution is 2.37. The Bertz CT molecular complexity index is 1480. The predicted molar refractivity (Wildman–Crippen MR) is 138 cm³/mol. The van der Waals surface area contributed by atoms with E-state index in [1.54, 1.807) is 6.07 Å². The van der Waals surface area contributed by atoms with Crippen molar-refractivity contribution in [2.45, 2.75) is 33.2 Å². The molecule has 7 nitrogen and oxygen atoms in total. The van der Waals surface area contributed by atoms with Gasteiger partial charge >= 0.3 is 0 Å². The van der Waals surface area contributed by atoms with Gasteiger partial charge in [0.15, 0.2) is 5.43 Å². The third-order valence-corrected chi connectivity index (χ3v) is 6.78. The molecule has 2 aromatic heterocycles. The van der Waals surface area contributed by atoms with Crippen LogP contribution in [-0.4, -0.2) is 54.3 Å². The summed E-state index contributed by atoms with van der Waals surface area (Å²) in [6.45, 7) is 10.8. The molecule has 1 aliphatic heterocycles. The van der Waals surface area contributed by atoms with Gasteiger partial charge in [0.2, 0.25) is 0 Å². The molecule has 0 unspecified atom stereocenters. The molecular formula is C27H31N5O2. The number of hydrogen-bond donors (Lipinski definition) is 1. The fourth-order valence-corrected chi connectivity index (χ4v) is 5.02. The van der Waals surface area contributed by atoms with E-state index < -0.39 is 0 Å². The maximum atomic E-state index is 13.9. The van der Waals surface area contributed by atoms with Crippen molar-refractivity contribution in [2.75, 3.05) is 44.7 Å². The van der Waals surface area contributed by atoms with E-state index in [4.69, 9.17) is 4.74 Å². The minimum Gasteiger partial charge on any atom is -0.491 e. The Morgan fingerprint density at radius 2 is 1.88 bits per heavy atom. The number of ether oxygens (including phenoxy) is 1.